The molecular weight excluding hydrogens is 247 g/mol. The second-order valence-electron chi connectivity index (χ2n) is 2.94. The molecule has 0 N–H and O–H groups in total. The Kier molecular flexibility index (Phi) is 4.39. The summed E-state index contributed by atoms with van der Waals surface area (Å²) in [4.78, 5) is 0. The van der Waals surface area contributed by atoms with Gasteiger partial charge in [-0.1, -0.05) is 12.1 Å². The van der Waals surface area contributed by atoms with Crippen molar-refractivity contribution >= 4 is 15.9 Å². The lowest BCUT2D eigenvalue weighted by Crippen LogP contribution is -2.02. The number of alkyl halides is 1. The molecule has 0 heterocycles. The Labute approximate surface area is 92.4 Å². The summed E-state index contributed by atoms with van der Waals surface area (Å²) in [6.45, 7) is 5.72. The van der Waals surface area contributed by atoms with Crippen molar-refractivity contribution in [2.24, 2.45) is 0 Å². The van der Waals surface area contributed by atoms with Gasteiger partial charge in [-0.15, -0.1) is 0 Å². The molecule has 1 rings (SSSR count). The molecule has 0 saturated carbocycles. The summed E-state index contributed by atoms with van der Waals surface area (Å²) in [5.74, 6) is 0.335. The van der Waals surface area contributed by atoms with Crippen LogP contribution in [0.3, 0.4) is 0 Å². The zero-order chi connectivity index (χ0) is 10.6. The second-order valence-corrected chi connectivity index (χ2v) is 3.80. The largest absolute Gasteiger partial charge is 0.492 e. The van der Waals surface area contributed by atoms with Gasteiger partial charge in [0.25, 0.3) is 0 Å². The Balaban J connectivity index is 3.07. The Bertz CT molecular complexity index is 301. The molecule has 1 unspecified atom stereocenters. The predicted octanol–water partition coefficient (Wildman–Crippen LogP) is 3.73. The molecule has 1 radical (unpaired) electrons. The summed E-state index contributed by atoms with van der Waals surface area (Å²) in [5.41, 5.74) is 0.809. The van der Waals surface area contributed by atoms with E-state index in [4.69, 9.17) is 4.74 Å². The van der Waals surface area contributed by atoms with Gasteiger partial charge in [0.1, 0.15) is 5.75 Å². The number of benzene rings is 1. The number of rotatable bonds is 4. The third-order valence-electron chi connectivity index (χ3n) is 1.91. The van der Waals surface area contributed by atoms with E-state index in [2.05, 4.69) is 22.9 Å². The van der Waals surface area contributed by atoms with Gasteiger partial charge < -0.3 is 4.74 Å². The molecule has 0 aromatic heterocycles. The fourth-order valence-corrected chi connectivity index (χ4v) is 1.72. The monoisotopic (exact) mass is 259 g/mol. The van der Waals surface area contributed by atoms with E-state index in [0.29, 0.717) is 12.4 Å². The van der Waals surface area contributed by atoms with Crippen LogP contribution in [0.25, 0.3) is 0 Å². The Hall–Kier alpha value is -0.570. The van der Waals surface area contributed by atoms with Crippen LogP contribution in [-0.2, 0) is 0 Å². The van der Waals surface area contributed by atoms with Crippen molar-refractivity contribution in [3.05, 3.63) is 35.2 Å². The summed E-state index contributed by atoms with van der Waals surface area (Å²) in [6.07, 6.45) is 0. The Morgan fingerprint density at radius 1 is 1.57 bits per heavy atom. The van der Waals surface area contributed by atoms with Crippen molar-refractivity contribution in [2.45, 2.75) is 12.8 Å². The first-order valence-corrected chi connectivity index (χ1v) is 5.30. The van der Waals surface area contributed by atoms with E-state index in [1.165, 1.54) is 0 Å². The highest BCUT2D eigenvalue weighted by Gasteiger charge is 2.13. The third kappa shape index (κ3) is 2.47. The van der Waals surface area contributed by atoms with Crippen LogP contribution in [-0.4, -0.2) is 13.3 Å². The van der Waals surface area contributed by atoms with Crippen LogP contribution in [0.15, 0.2) is 22.7 Å². The molecule has 3 heteroatoms. The third-order valence-corrected chi connectivity index (χ3v) is 2.54. The summed E-state index contributed by atoms with van der Waals surface area (Å²) in [5, 5.41) is 0. The normalized spacial score (nSPS) is 12.6. The number of para-hydroxylation sites is 1. The smallest absolute Gasteiger partial charge is 0.137 e. The van der Waals surface area contributed by atoms with Gasteiger partial charge in [-0.05, 0) is 35.8 Å². The lowest BCUT2D eigenvalue weighted by atomic mass is 10.0. The van der Waals surface area contributed by atoms with E-state index < -0.39 is 6.67 Å². The van der Waals surface area contributed by atoms with Gasteiger partial charge >= 0.3 is 0 Å². The van der Waals surface area contributed by atoms with Crippen molar-refractivity contribution < 1.29 is 9.13 Å². The van der Waals surface area contributed by atoms with Crippen molar-refractivity contribution in [1.29, 1.82) is 0 Å². The van der Waals surface area contributed by atoms with Crippen molar-refractivity contribution in [3.8, 4) is 5.75 Å². The Morgan fingerprint density at radius 3 is 2.86 bits per heavy atom. The molecule has 0 bridgehead atoms. The zero-order valence-corrected chi connectivity index (χ0v) is 9.68. The highest BCUT2D eigenvalue weighted by Crippen LogP contribution is 2.33. The van der Waals surface area contributed by atoms with E-state index >= 15 is 0 Å². The summed E-state index contributed by atoms with van der Waals surface area (Å²) in [7, 11) is 0. The second kappa shape index (κ2) is 5.35. The lowest BCUT2D eigenvalue weighted by Gasteiger charge is -2.15. The maximum absolute atomic E-state index is 12.5. The van der Waals surface area contributed by atoms with Crippen LogP contribution >= 0.6 is 15.9 Å². The van der Waals surface area contributed by atoms with E-state index in [1.807, 2.05) is 25.1 Å². The van der Waals surface area contributed by atoms with Crippen LogP contribution in [0.1, 0.15) is 18.4 Å². The minimum atomic E-state index is -0.476. The minimum Gasteiger partial charge on any atom is -0.492 e. The topological polar surface area (TPSA) is 9.23 Å². The minimum absolute atomic E-state index is 0.367. The van der Waals surface area contributed by atoms with Crippen LogP contribution in [0, 0.1) is 6.92 Å². The number of ether oxygens (including phenoxy) is 1. The van der Waals surface area contributed by atoms with E-state index in [0.717, 1.165) is 10.0 Å². The number of hydrogen-bond donors (Lipinski definition) is 0. The van der Waals surface area contributed by atoms with Crippen molar-refractivity contribution in [2.75, 3.05) is 13.3 Å². The molecule has 1 aromatic carbocycles. The van der Waals surface area contributed by atoms with E-state index in [1.54, 1.807) is 0 Å². The maximum Gasteiger partial charge on any atom is 0.137 e. The zero-order valence-electron chi connectivity index (χ0n) is 8.09. The first-order valence-electron chi connectivity index (χ1n) is 4.51. The van der Waals surface area contributed by atoms with E-state index in [-0.39, 0.29) is 5.92 Å². The lowest BCUT2D eigenvalue weighted by molar-refractivity contribution is 0.330. The molecule has 0 saturated heterocycles. The molecule has 0 fully saturated rings. The van der Waals surface area contributed by atoms with Crippen molar-refractivity contribution in [1.82, 2.24) is 0 Å². The van der Waals surface area contributed by atoms with Crippen LogP contribution < -0.4 is 4.74 Å². The standard InChI is InChI=1S/C11H13BrFO/c1-3-14-11-9(8(2)7-13)5-4-6-10(11)12/h4-6,8H,2-3,7H2,1H3. The molecule has 14 heavy (non-hydrogen) atoms. The van der Waals surface area contributed by atoms with Gasteiger partial charge in [0, 0.05) is 11.5 Å². The average molecular weight is 260 g/mol. The summed E-state index contributed by atoms with van der Waals surface area (Å²) < 4.78 is 18.8. The van der Waals surface area contributed by atoms with Crippen LogP contribution in [0.2, 0.25) is 0 Å². The van der Waals surface area contributed by atoms with Gasteiger partial charge in [-0.3, -0.25) is 4.39 Å². The summed E-state index contributed by atoms with van der Waals surface area (Å²) in [6, 6.07) is 5.57. The molecular formula is C11H13BrFO. The molecule has 0 spiro atoms. The highest BCUT2D eigenvalue weighted by molar-refractivity contribution is 9.10. The highest BCUT2D eigenvalue weighted by atomic mass is 79.9. The fourth-order valence-electron chi connectivity index (χ4n) is 1.23. The fraction of sp³-hybridized carbons (Fsp3) is 0.364. The molecule has 0 aliphatic carbocycles. The van der Waals surface area contributed by atoms with Gasteiger partial charge in [0.15, 0.2) is 0 Å². The average Bonchev–Trinajstić information content (AvgIpc) is 2.20. The van der Waals surface area contributed by atoms with Crippen molar-refractivity contribution in [3.63, 3.8) is 0 Å². The van der Waals surface area contributed by atoms with Gasteiger partial charge in [0.2, 0.25) is 0 Å². The van der Waals surface area contributed by atoms with Gasteiger partial charge in [-0.25, -0.2) is 0 Å². The van der Waals surface area contributed by atoms with Gasteiger partial charge in [-0.2, -0.15) is 0 Å². The number of halogens is 2. The van der Waals surface area contributed by atoms with Crippen LogP contribution in [0.5, 0.6) is 5.75 Å². The molecule has 0 amide bonds. The molecule has 77 valence electrons. The molecule has 1 atom stereocenters. The maximum atomic E-state index is 12.5. The molecule has 1 nitrogen and oxygen atoms in total. The SMILES string of the molecule is [CH2]C(CF)c1cccc(Br)c1OCC. The molecule has 0 aliphatic rings. The predicted molar refractivity (Wildman–Crippen MR) is 59.4 cm³/mol. The summed E-state index contributed by atoms with van der Waals surface area (Å²) >= 11 is 3.37. The molecule has 0 aliphatic heterocycles. The van der Waals surface area contributed by atoms with E-state index in [9.17, 15) is 4.39 Å². The number of hydrogen-bond acceptors (Lipinski definition) is 1. The van der Waals surface area contributed by atoms with Crippen LogP contribution in [0.4, 0.5) is 4.39 Å². The quantitative estimate of drug-likeness (QED) is 0.801. The first kappa shape index (κ1) is 11.5. The Morgan fingerprint density at radius 2 is 2.29 bits per heavy atom. The molecule has 1 aromatic rings. The first-order chi connectivity index (χ1) is 6.70. The van der Waals surface area contributed by atoms with Gasteiger partial charge in [0.05, 0.1) is 17.8 Å².